The summed E-state index contributed by atoms with van der Waals surface area (Å²) in [4.78, 5) is 26.9. The molecule has 0 saturated heterocycles. The Morgan fingerprint density at radius 3 is 2.44 bits per heavy atom. The van der Waals surface area contributed by atoms with E-state index in [1.54, 1.807) is 31.1 Å². The lowest BCUT2D eigenvalue weighted by Gasteiger charge is -2.29. The summed E-state index contributed by atoms with van der Waals surface area (Å²) in [6.45, 7) is 4.42. The predicted molar refractivity (Wildman–Crippen MR) is 107 cm³/mol. The van der Waals surface area contributed by atoms with Gasteiger partial charge in [-0.1, -0.05) is 35.9 Å². The Morgan fingerprint density at radius 2 is 1.85 bits per heavy atom. The smallest absolute Gasteiger partial charge is 0.242 e. The molecule has 0 aliphatic heterocycles. The van der Waals surface area contributed by atoms with Gasteiger partial charge in [0.1, 0.15) is 11.8 Å². The summed E-state index contributed by atoms with van der Waals surface area (Å²) >= 11 is 6.06. The predicted octanol–water partition coefficient (Wildman–Crippen LogP) is 3.44. The van der Waals surface area contributed by atoms with Crippen LogP contribution < -0.4 is 10.1 Å². The molecular weight excluding hydrogens is 364 g/mol. The lowest BCUT2D eigenvalue weighted by atomic mass is 10.1. The average Bonchev–Trinajstić information content (AvgIpc) is 2.66. The van der Waals surface area contributed by atoms with Gasteiger partial charge in [0.15, 0.2) is 0 Å². The number of nitrogens with one attached hydrogen (secondary N) is 1. The second-order valence-corrected chi connectivity index (χ2v) is 6.68. The van der Waals surface area contributed by atoms with Crippen LogP contribution in [0.4, 0.5) is 0 Å². The molecule has 144 valence electrons. The third-order valence-corrected chi connectivity index (χ3v) is 4.51. The molecule has 27 heavy (non-hydrogen) atoms. The SMILES string of the molecule is CCNC(=O)C(C)N(Cc1cccc(Cl)c1)C(=O)Cc1ccc(OC)cc1. The van der Waals surface area contributed by atoms with Crippen LogP contribution in [0.3, 0.4) is 0 Å². The number of likely N-dealkylation sites (N-methyl/N-ethyl adjacent to an activating group) is 1. The van der Waals surface area contributed by atoms with Gasteiger partial charge in [0, 0.05) is 18.1 Å². The van der Waals surface area contributed by atoms with E-state index in [0.29, 0.717) is 18.1 Å². The summed E-state index contributed by atoms with van der Waals surface area (Å²) in [7, 11) is 1.60. The quantitative estimate of drug-likeness (QED) is 0.753. The Labute approximate surface area is 165 Å². The highest BCUT2D eigenvalue weighted by Crippen LogP contribution is 2.17. The van der Waals surface area contributed by atoms with Gasteiger partial charge in [-0.15, -0.1) is 0 Å². The number of nitrogens with zero attached hydrogens (tertiary/aromatic N) is 1. The number of benzene rings is 2. The first kappa shape index (κ1) is 20.8. The summed E-state index contributed by atoms with van der Waals surface area (Å²) < 4.78 is 5.15. The summed E-state index contributed by atoms with van der Waals surface area (Å²) in [5, 5.41) is 3.38. The summed E-state index contributed by atoms with van der Waals surface area (Å²) in [5.74, 6) is 0.430. The van der Waals surface area contributed by atoms with E-state index < -0.39 is 6.04 Å². The molecule has 0 heterocycles. The number of halogens is 1. The van der Waals surface area contributed by atoms with Gasteiger partial charge < -0.3 is 15.0 Å². The first-order chi connectivity index (χ1) is 12.9. The Bertz CT molecular complexity index is 777. The molecule has 0 fully saturated rings. The van der Waals surface area contributed by atoms with Crippen LogP contribution in [0, 0.1) is 0 Å². The molecule has 2 amide bonds. The van der Waals surface area contributed by atoms with E-state index in [1.165, 1.54) is 0 Å². The fourth-order valence-corrected chi connectivity index (χ4v) is 2.97. The standard InChI is InChI=1S/C21H25ClN2O3/c1-4-23-21(26)15(2)24(14-17-6-5-7-18(22)12-17)20(25)13-16-8-10-19(27-3)11-9-16/h5-12,15H,4,13-14H2,1-3H3,(H,23,26). The zero-order chi connectivity index (χ0) is 19.8. The maximum Gasteiger partial charge on any atom is 0.242 e. The van der Waals surface area contributed by atoms with Gasteiger partial charge in [-0.05, 0) is 49.2 Å². The van der Waals surface area contributed by atoms with Crippen LogP contribution in [-0.4, -0.2) is 36.4 Å². The number of carbonyl (C=O) groups is 2. The highest BCUT2D eigenvalue weighted by atomic mass is 35.5. The molecule has 0 aliphatic carbocycles. The van der Waals surface area contributed by atoms with Crippen LogP contribution in [-0.2, 0) is 22.6 Å². The highest BCUT2D eigenvalue weighted by molar-refractivity contribution is 6.30. The zero-order valence-corrected chi connectivity index (χ0v) is 16.6. The van der Waals surface area contributed by atoms with E-state index in [-0.39, 0.29) is 18.2 Å². The van der Waals surface area contributed by atoms with Crippen LogP contribution in [0.15, 0.2) is 48.5 Å². The van der Waals surface area contributed by atoms with Crippen molar-refractivity contribution in [3.63, 3.8) is 0 Å². The van der Waals surface area contributed by atoms with Crippen LogP contribution in [0.2, 0.25) is 5.02 Å². The second kappa shape index (κ2) is 9.97. The number of rotatable bonds is 8. The fourth-order valence-electron chi connectivity index (χ4n) is 2.76. The first-order valence-corrected chi connectivity index (χ1v) is 9.27. The van der Waals surface area contributed by atoms with E-state index in [2.05, 4.69) is 5.32 Å². The molecule has 0 aliphatic rings. The molecule has 0 bridgehead atoms. The molecule has 0 saturated carbocycles. The minimum atomic E-state index is -0.588. The van der Waals surface area contributed by atoms with Gasteiger partial charge in [-0.3, -0.25) is 9.59 Å². The normalized spacial score (nSPS) is 11.6. The fraction of sp³-hybridized carbons (Fsp3) is 0.333. The molecule has 0 radical (unpaired) electrons. The van der Waals surface area contributed by atoms with Crippen molar-refractivity contribution in [2.75, 3.05) is 13.7 Å². The van der Waals surface area contributed by atoms with Crippen molar-refractivity contribution < 1.29 is 14.3 Å². The van der Waals surface area contributed by atoms with Crippen LogP contribution in [0.1, 0.15) is 25.0 Å². The third kappa shape index (κ3) is 6.00. The molecule has 2 aromatic carbocycles. The summed E-state index contributed by atoms with van der Waals surface area (Å²) in [5.41, 5.74) is 1.74. The number of ether oxygens (including phenoxy) is 1. The van der Waals surface area contributed by atoms with Crippen LogP contribution in [0.25, 0.3) is 0 Å². The number of methoxy groups -OCH3 is 1. The largest absolute Gasteiger partial charge is 0.497 e. The Kier molecular flexibility index (Phi) is 7.67. The zero-order valence-electron chi connectivity index (χ0n) is 15.9. The minimum Gasteiger partial charge on any atom is -0.497 e. The van der Waals surface area contributed by atoms with E-state index >= 15 is 0 Å². The molecule has 5 nitrogen and oxygen atoms in total. The molecule has 0 aromatic heterocycles. The van der Waals surface area contributed by atoms with E-state index in [9.17, 15) is 9.59 Å². The van der Waals surface area contributed by atoms with Crippen molar-refractivity contribution in [3.8, 4) is 5.75 Å². The summed E-state index contributed by atoms with van der Waals surface area (Å²) in [6.07, 6.45) is 0.203. The third-order valence-electron chi connectivity index (χ3n) is 4.27. The van der Waals surface area contributed by atoms with Crippen molar-refractivity contribution in [1.29, 1.82) is 0 Å². The molecule has 6 heteroatoms. The number of carbonyl (C=O) groups excluding carboxylic acids is 2. The maximum atomic E-state index is 13.0. The van der Waals surface area contributed by atoms with E-state index in [0.717, 1.165) is 16.9 Å². The van der Waals surface area contributed by atoms with Crippen molar-refractivity contribution in [3.05, 3.63) is 64.7 Å². The van der Waals surface area contributed by atoms with E-state index in [4.69, 9.17) is 16.3 Å². The number of amides is 2. The molecule has 2 aromatic rings. The molecule has 1 atom stereocenters. The average molecular weight is 389 g/mol. The number of hydrogen-bond acceptors (Lipinski definition) is 3. The van der Waals surface area contributed by atoms with Gasteiger partial charge in [0.05, 0.1) is 13.5 Å². The topological polar surface area (TPSA) is 58.6 Å². The monoisotopic (exact) mass is 388 g/mol. The van der Waals surface area contributed by atoms with Gasteiger partial charge in [0.25, 0.3) is 0 Å². The van der Waals surface area contributed by atoms with Gasteiger partial charge >= 0.3 is 0 Å². The Balaban J connectivity index is 2.20. The van der Waals surface area contributed by atoms with Gasteiger partial charge in [0.2, 0.25) is 11.8 Å². The molecule has 2 rings (SSSR count). The number of hydrogen-bond donors (Lipinski definition) is 1. The van der Waals surface area contributed by atoms with E-state index in [1.807, 2.05) is 43.3 Å². The van der Waals surface area contributed by atoms with Crippen LogP contribution >= 0.6 is 11.6 Å². The first-order valence-electron chi connectivity index (χ1n) is 8.89. The maximum absolute atomic E-state index is 13.0. The highest BCUT2D eigenvalue weighted by Gasteiger charge is 2.25. The second-order valence-electron chi connectivity index (χ2n) is 6.25. The van der Waals surface area contributed by atoms with Crippen LogP contribution in [0.5, 0.6) is 5.75 Å². The lowest BCUT2D eigenvalue weighted by Crippen LogP contribution is -2.48. The molecular formula is C21H25ClN2O3. The Hall–Kier alpha value is -2.53. The van der Waals surface area contributed by atoms with Gasteiger partial charge in [-0.25, -0.2) is 0 Å². The Morgan fingerprint density at radius 1 is 1.15 bits per heavy atom. The molecule has 0 spiro atoms. The van der Waals surface area contributed by atoms with Gasteiger partial charge in [-0.2, -0.15) is 0 Å². The molecule has 1 unspecified atom stereocenters. The van der Waals surface area contributed by atoms with Crippen molar-refractivity contribution in [2.45, 2.75) is 32.9 Å². The van der Waals surface area contributed by atoms with Crippen molar-refractivity contribution >= 4 is 23.4 Å². The molecule has 1 N–H and O–H groups in total. The van der Waals surface area contributed by atoms with Crippen molar-refractivity contribution in [2.24, 2.45) is 0 Å². The van der Waals surface area contributed by atoms with Crippen molar-refractivity contribution in [1.82, 2.24) is 10.2 Å². The lowest BCUT2D eigenvalue weighted by molar-refractivity contribution is -0.140. The summed E-state index contributed by atoms with van der Waals surface area (Å²) in [6, 6.07) is 14.1. The minimum absolute atomic E-state index is 0.126.